The highest BCUT2D eigenvalue weighted by atomic mass is 16.5. The van der Waals surface area contributed by atoms with Crippen molar-refractivity contribution in [3.8, 4) is 5.75 Å². The molecule has 2 aromatic carbocycles. The van der Waals surface area contributed by atoms with Crippen LogP contribution in [-0.4, -0.2) is 25.6 Å². The van der Waals surface area contributed by atoms with Gasteiger partial charge in [0.15, 0.2) is 6.61 Å². The molecular formula is C18H19NO4. The van der Waals surface area contributed by atoms with Crippen molar-refractivity contribution in [1.29, 1.82) is 0 Å². The van der Waals surface area contributed by atoms with E-state index in [0.717, 1.165) is 11.1 Å². The maximum Gasteiger partial charge on any atom is 0.339 e. The van der Waals surface area contributed by atoms with E-state index in [2.05, 4.69) is 5.32 Å². The lowest BCUT2D eigenvalue weighted by Gasteiger charge is -2.11. The molecule has 0 aromatic heterocycles. The summed E-state index contributed by atoms with van der Waals surface area (Å²) < 4.78 is 10.2. The average Bonchev–Trinajstić information content (AvgIpc) is 2.52. The SMILES string of the molecule is COC(=O)c1ccccc1NC(=O)COc1cc(C)cc(C)c1. The van der Waals surface area contributed by atoms with Crippen LogP contribution in [0.2, 0.25) is 0 Å². The Morgan fingerprint density at radius 1 is 1.04 bits per heavy atom. The number of rotatable bonds is 5. The van der Waals surface area contributed by atoms with Crippen molar-refractivity contribution in [1.82, 2.24) is 0 Å². The van der Waals surface area contributed by atoms with Crippen LogP contribution in [0.5, 0.6) is 5.75 Å². The molecule has 0 aliphatic heterocycles. The van der Waals surface area contributed by atoms with Gasteiger partial charge in [0, 0.05) is 0 Å². The number of para-hydroxylation sites is 1. The van der Waals surface area contributed by atoms with Gasteiger partial charge >= 0.3 is 5.97 Å². The van der Waals surface area contributed by atoms with Crippen molar-refractivity contribution in [3.63, 3.8) is 0 Å². The van der Waals surface area contributed by atoms with Crippen LogP contribution < -0.4 is 10.1 Å². The molecule has 0 unspecified atom stereocenters. The highest BCUT2D eigenvalue weighted by Gasteiger charge is 2.13. The molecule has 0 atom stereocenters. The number of ether oxygens (including phenoxy) is 2. The molecular weight excluding hydrogens is 294 g/mol. The van der Waals surface area contributed by atoms with Crippen LogP contribution in [0, 0.1) is 13.8 Å². The van der Waals surface area contributed by atoms with Gasteiger partial charge in [-0.25, -0.2) is 4.79 Å². The molecule has 23 heavy (non-hydrogen) atoms. The van der Waals surface area contributed by atoms with E-state index in [-0.39, 0.29) is 12.5 Å². The number of benzene rings is 2. The van der Waals surface area contributed by atoms with Gasteiger partial charge in [0.2, 0.25) is 0 Å². The van der Waals surface area contributed by atoms with Crippen LogP contribution >= 0.6 is 0 Å². The van der Waals surface area contributed by atoms with Crippen molar-refractivity contribution in [2.45, 2.75) is 13.8 Å². The van der Waals surface area contributed by atoms with Crippen molar-refractivity contribution in [2.24, 2.45) is 0 Å². The zero-order valence-corrected chi connectivity index (χ0v) is 13.4. The van der Waals surface area contributed by atoms with E-state index < -0.39 is 5.97 Å². The summed E-state index contributed by atoms with van der Waals surface area (Å²) in [6.07, 6.45) is 0. The lowest BCUT2D eigenvalue weighted by molar-refractivity contribution is -0.118. The van der Waals surface area contributed by atoms with E-state index in [9.17, 15) is 9.59 Å². The van der Waals surface area contributed by atoms with Gasteiger partial charge < -0.3 is 14.8 Å². The zero-order valence-electron chi connectivity index (χ0n) is 13.4. The molecule has 0 spiro atoms. The summed E-state index contributed by atoms with van der Waals surface area (Å²) in [6, 6.07) is 12.4. The third-order valence-corrected chi connectivity index (χ3v) is 3.17. The number of methoxy groups -OCH3 is 1. The van der Waals surface area contributed by atoms with Crippen LogP contribution in [0.4, 0.5) is 5.69 Å². The molecule has 2 rings (SSSR count). The van der Waals surface area contributed by atoms with E-state index in [1.165, 1.54) is 7.11 Å². The number of hydrogen-bond acceptors (Lipinski definition) is 4. The number of carbonyl (C=O) groups excluding carboxylic acids is 2. The van der Waals surface area contributed by atoms with Gasteiger partial charge in [-0.15, -0.1) is 0 Å². The quantitative estimate of drug-likeness (QED) is 0.861. The lowest BCUT2D eigenvalue weighted by Crippen LogP contribution is -2.21. The fourth-order valence-corrected chi connectivity index (χ4v) is 2.23. The van der Waals surface area contributed by atoms with E-state index >= 15 is 0 Å². The Morgan fingerprint density at radius 3 is 2.35 bits per heavy atom. The minimum absolute atomic E-state index is 0.140. The third kappa shape index (κ3) is 4.57. The molecule has 2 aromatic rings. The molecule has 5 heteroatoms. The van der Waals surface area contributed by atoms with Crippen LogP contribution in [0.1, 0.15) is 21.5 Å². The molecule has 0 bridgehead atoms. The van der Waals surface area contributed by atoms with Crippen LogP contribution in [0.25, 0.3) is 0 Å². The van der Waals surface area contributed by atoms with Gasteiger partial charge in [0.05, 0.1) is 18.4 Å². The van der Waals surface area contributed by atoms with Crippen molar-refractivity contribution in [2.75, 3.05) is 19.0 Å². The summed E-state index contributed by atoms with van der Waals surface area (Å²) >= 11 is 0. The van der Waals surface area contributed by atoms with Crippen LogP contribution in [-0.2, 0) is 9.53 Å². The van der Waals surface area contributed by atoms with Crippen molar-refractivity contribution >= 4 is 17.6 Å². The molecule has 0 radical (unpaired) electrons. The first kappa shape index (κ1) is 16.5. The minimum atomic E-state index is -0.504. The normalized spacial score (nSPS) is 10.0. The number of anilines is 1. The Hall–Kier alpha value is -2.82. The third-order valence-electron chi connectivity index (χ3n) is 3.17. The minimum Gasteiger partial charge on any atom is -0.484 e. The Kier molecular flexibility index (Phi) is 5.36. The smallest absolute Gasteiger partial charge is 0.339 e. The van der Waals surface area contributed by atoms with E-state index in [4.69, 9.17) is 9.47 Å². The predicted octanol–water partition coefficient (Wildman–Crippen LogP) is 3.11. The maximum absolute atomic E-state index is 12.0. The second-order valence-corrected chi connectivity index (χ2v) is 5.20. The topological polar surface area (TPSA) is 64.6 Å². The van der Waals surface area contributed by atoms with Gasteiger partial charge in [-0.3, -0.25) is 4.79 Å². The standard InChI is InChI=1S/C18H19NO4/c1-12-8-13(2)10-14(9-12)23-11-17(20)19-16-7-5-4-6-15(16)18(21)22-3/h4-10H,11H2,1-3H3,(H,19,20). The van der Waals surface area contributed by atoms with Gasteiger partial charge in [-0.2, -0.15) is 0 Å². The largest absolute Gasteiger partial charge is 0.484 e. The Bertz CT molecular complexity index is 704. The molecule has 5 nitrogen and oxygen atoms in total. The predicted molar refractivity (Wildman–Crippen MR) is 87.8 cm³/mol. The Balaban J connectivity index is 2.01. The average molecular weight is 313 g/mol. The summed E-state index contributed by atoms with van der Waals surface area (Å²) in [5.74, 6) is -0.212. The first-order chi connectivity index (χ1) is 11.0. The number of carbonyl (C=O) groups is 2. The number of esters is 1. The van der Waals surface area contributed by atoms with Crippen molar-refractivity contribution in [3.05, 3.63) is 59.2 Å². The Morgan fingerprint density at radius 2 is 1.70 bits per heavy atom. The molecule has 1 amide bonds. The van der Waals surface area contributed by atoms with Crippen LogP contribution in [0.15, 0.2) is 42.5 Å². The second-order valence-electron chi connectivity index (χ2n) is 5.20. The zero-order chi connectivity index (χ0) is 16.8. The fourth-order valence-electron chi connectivity index (χ4n) is 2.23. The van der Waals surface area contributed by atoms with E-state index in [1.54, 1.807) is 24.3 Å². The van der Waals surface area contributed by atoms with Gasteiger partial charge in [0.1, 0.15) is 5.75 Å². The van der Waals surface area contributed by atoms with Crippen molar-refractivity contribution < 1.29 is 19.1 Å². The summed E-state index contributed by atoms with van der Waals surface area (Å²) in [6.45, 7) is 3.79. The fraction of sp³-hybridized carbons (Fsp3) is 0.222. The molecule has 1 N–H and O–H groups in total. The first-order valence-corrected chi connectivity index (χ1v) is 7.18. The number of nitrogens with one attached hydrogen (secondary N) is 1. The summed E-state index contributed by atoms with van der Waals surface area (Å²) in [5.41, 5.74) is 2.83. The molecule has 120 valence electrons. The summed E-state index contributed by atoms with van der Waals surface area (Å²) in [4.78, 5) is 23.7. The Labute approximate surface area is 135 Å². The second kappa shape index (κ2) is 7.45. The molecule has 0 saturated heterocycles. The van der Waals surface area contributed by atoms with Gasteiger partial charge in [-0.1, -0.05) is 18.2 Å². The first-order valence-electron chi connectivity index (χ1n) is 7.18. The molecule has 0 fully saturated rings. The number of amides is 1. The number of hydrogen-bond donors (Lipinski definition) is 1. The highest BCUT2D eigenvalue weighted by molar-refractivity contribution is 6.01. The highest BCUT2D eigenvalue weighted by Crippen LogP contribution is 2.18. The molecule has 0 aliphatic carbocycles. The lowest BCUT2D eigenvalue weighted by atomic mass is 10.1. The van der Waals surface area contributed by atoms with Gasteiger partial charge in [0.25, 0.3) is 5.91 Å². The van der Waals surface area contributed by atoms with Crippen LogP contribution in [0.3, 0.4) is 0 Å². The summed E-state index contributed by atoms with van der Waals surface area (Å²) in [5, 5.41) is 2.66. The molecule has 0 heterocycles. The maximum atomic E-state index is 12.0. The van der Waals surface area contributed by atoms with Gasteiger partial charge in [-0.05, 0) is 49.2 Å². The monoisotopic (exact) mass is 313 g/mol. The summed E-state index contributed by atoms with van der Waals surface area (Å²) in [7, 11) is 1.30. The molecule has 0 aliphatic rings. The van der Waals surface area contributed by atoms with E-state index in [1.807, 2.05) is 32.0 Å². The number of aryl methyl sites for hydroxylation is 2. The van der Waals surface area contributed by atoms with E-state index in [0.29, 0.717) is 17.0 Å². The molecule has 0 saturated carbocycles.